The molecule has 1 aliphatic carbocycles. The second kappa shape index (κ2) is 22.6. The number of ether oxygens (including phenoxy) is 3. The number of rotatable bonds is 20. The number of benzene rings is 2. The number of imide groups is 1. The molecule has 0 spiro atoms. The minimum absolute atomic E-state index is 0.0532. The molecule has 4 aliphatic heterocycles. The van der Waals surface area contributed by atoms with Gasteiger partial charge in [0.15, 0.2) is 0 Å². The summed E-state index contributed by atoms with van der Waals surface area (Å²) in [4.78, 5) is 111. The summed E-state index contributed by atoms with van der Waals surface area (Å²) in [6.07, 6.45) is 6.41. The first-order valence-corrected chi connectivity index (χ1v) is 25.5. The number of esters is 1. The Hall–Kier alpha value is -7.78. The molecule has 402 valence electrons. The molecule has 7 amide bonds. The van der Waals surface area contributed by atoms with Gasteiger partial charge in [-0.15, -0.1) is 0 Å². The van der Waals surface area contributed by atoms with Gasteiger partial charge in [-0.05, 0) is 92.3 Å². The van der Waals surface area contributed by atoms with Gasteiger partial charge in [-0.25, -0.2) is 19.0 Å². The van der Waals surface area contributed by atoms with Gasteiger partial charge in [0.1, 0.15) is 49.2 Å². The highest BCUT2D eigenvalue weighted by Gasteiger charge is 2.47. The summed E-state index contributed by atoms with van der Waals surface area (Å²) in [6, 6.07) is 5.56. The Balaban J connectivity index is 0.788. The average molecular weight is 1050 g/mol. The van der Waals surface area contributed by atoms with Crippen LogP contribution in [0.1, 0.15) is 106 Å². The topological polar surface area (TPSA) is 255 Å². The van der Waals surface area contributed by atoms with E-state index in [2.05, 4.69) is 27.8 Å². The number of hydrogen-bond acceptors (Lipinski definition) is 14. The van der Waals surface area contributed by atoms with Gasteiger partial charge >= 0.3 is 12.1 Å². The van der Waals surface area contributed by atoms with Crippen molar-refractivity contribution in [2.45, 2.75) is 116 Å². The number of unbranched alkanes of at least 4 members (excludes halogenated alkanes) is 2. The fourth-order valence-electron chi connectivity index (χ4n) is 10.1. The number of nitrogens with one attached hydrogen (secondary N) is 4. The van der Waals surface area contributed by atoms with Crippen LogP contribution < -0.4 is 21.3 Å². The lowest BCUT2D eigenvalue weighted by Gasteiger charge is -2.39. The molecule has 3 aromatic rings. The van der Waals surface area contributed by atoms with E-state index in [1.807, 2.05) is 4.90 Å². The lowest BCUT2D eigenvalue weighted by molar-refractivity contribution is -0.140. The number of carbonyl (C=O) groups excluding carboxylic acids is 8. The minimum Gasteiger partial charge on any atom is -0.444 e. The number of anilines is 1. The highest BCUT2D eigenvalue weighted by molar-refractivity contribution is 6.12. The predicted molar refractivity (Wildman–Crippen MR) is 274 cm³/mol. The van der Waals surface area contributed by atoms with Crippen LogP contribution in [0.25, 0.3) is 16.6 Å². The molecule has 0 saturated heterocycles. The van der Waals surface area contributed by atoms with Crippen LogP contribution in [0.2, 0.25) is 0 Å². The quantitative estimate of drug-likeness (QED) is 0.0442. The van der Waals surface area contributed by atoms with Crippen molar-refractivity contribution in [1.29, 1.82) is 0 Å². The standard InChI is InChI=1S/C55H63FN8O12/c1-8-55(73)32(6)76-53(71)36-24-63-25-37-48-40(18-17-35-30(4)39(56)23-41(47(35)48)60-50(37)42(63)22-38(36)55)59-44(66)27-74-28-62(7)54(72)75-26-33-13-15-34(16-14-33)58-51(69)31(5)57-52(70)49(29(2)3)61-43(65)12-10-9-11-21-64-45(67)19-20-46(64)68/h13-16,19-20,22-23,29,31,40,49,73H,6,8-12,17-18,21,24-28H2,1-5,7H3,(H,57,70)(H,58,69)(H,59,66)(H,61,65)/t31-,40-,49-,55+/m0/s1. The van der Waals surface area contributed by atoms with Crippen molar-refractivity contribution in [2.24, 2.45) is 5.92 Å². The van der Waals surface area contributed by atoms with Gasteiger partial charge < -0.3 is 45.5 Å². The summed E-state index contributed by atoms with van der Waals surface area (Å²) in [5.41, 5.74) is 4.72. The highest BCUT2D eigenvalue weighted by atomic mass is 19.1. The monoisotopic (exact) mass is 1050 g/mol. The lowest BCUT2D eigenvalue weighted by atomic mass is 9.81. The summed E-state index contributed by atoms with van der Waals surface area (Å²) in [7, 11) is 1.45. The molecule has 0 saturated carbocycles. The number of halogens is 1. The molecule has 1 aromatic heterocycles. The summed E-state index contributed by atoms with van der Waals surface area (Å²) < 4.78 is 31.9. The average Bonchev–Trinajstić information content (AvgIpc) is 3.94. The van der Waals surface area contributed by atoms with Crippen LogP contribution in [0.3, 0.4) is 0 Å². The van der Waals surface area contributed by atoms with E-state index in [9.17, 15) is 43.5 Å². The van der Waals surface area contributed by atoms with Gasteiger partial charge in [-0.1, -0.05) is 45.9 Å². The lowest BCUT2D eigenvalue weighted by Crippen LogP contribution is -2.53. The van der Waals surface area contributed by atoms with E-state index in [4.69, 9.17) is 19.2 Å². The fourth-order valence-corrected chi connectivity index (χ4v) is 10.1. The second-order valence-electron chi connectivity index (χ2n) is 20.1. The largest absolute Gasteiger partial charge is 0.444 e. The van der Waals surface area contributed by atoms with Crippen molar-refractivity contribution in [1.82, 2.24) is 35.6 Å². The number of pyridine rings is 1. The molecule has 0 fully saturated rings. The Kier molecular flexibility index (Phi) is 16.2. The number of cyclic esters (lactones) is 1. The smallest absolute Gasteiger partial charge is 0.411 e. The van der Waals surface area contributed by atoms with E-state index in [0.717, 1.165) is 31.9 Å². The molecule has 5 heterocycles. The van der Waals surface area contributed by atoms with E-state index < -0.39 is 65.9 Å². The van der Waals surface area contributed by atoms with Crippen LogP contribution in [0, 0.1) is 18.7 Å². The summed E-state index contributed by atoms with van der Waals surface area (Å²) >= 11 is 0. The molecular weight excluding hydrogens is 984 g/mol. The Morgan fingerprint density at radius 3 is 2.41 bits per heavy atom. The van der Waals surface area contributed by atoms with Gasteiger partial charge in [0, 0.05) is 67.0 Å². The third kappa shape index (κ3) is 11.3. The van der Waals surface area contributed by atoms with Crippen molar-refractivity contribution >= 4 is 69.8 Å². The van der Waals surface area contributed by atoms with Gasteiger partial charge in [0.25, 0.3) is 11.8 Å². The SMILES string of the molecule is C=C1OC(=O)C2=C(C=C3c4nc5cc(F)c(C)c6c5c(c4CN3C2)[C@@H](NC(=O)COCN(C)C(=O)OCc2ccc(NC(=O)[C@H](C)NC(=O)[C@@H](NC(=O)CCCCCN3C(=O)C=CC3=O)C(C)C)cc2)CC6)[C@@]1(O)CC. The summed E-state index contributed by atoms with van der Waals surface area (Å²) in [5.74, 6) is -3.83. The number of fused-ring (bicyclic) bond motifs is 4. The van der Waals surface area contributed by atoms with Gasteiger partial charge in [-0.2, -0.15) is 0 Å². The zero-order valence-electron chi connectivity index (χ0n) is 43.4. The molecule has 2 aromatic carbocycles. The van der Waals surface area contributed by atoms with E-state index in [1.165, 1.54) is 32.2 Å². The maximum atomic E-state index is 15.4. The van der Waals surface area contributed by atoms with Crippen molar-refractivity contribution in [3.05, 3.63) is 111 Å². The Bertz CT molecular complexity index is 3010. The van der Waals surface area contributed by atoms with Crippen molar-refractivity contribution in [3.8, 4) is 0 Å². The zero-order valence-corrected chi connectivity index (χ0v) is 43.4. The molecule has 76 heavy (non-hydrogen) atoms. The molecule has 0 unspecified atom stereocenters. The zero-order chi connectivity index (χ0) is 54.7. The number of hydrogen-bond donors (Lipinski definition) is 5. The van der Waals surface area contributed by atoms with E-state index >= 15 is 4.39 Å². The van der Waals surface area contributed by atoms with Gasteiger partial charge in [0.05, 0.1) is 35.1 Å². The number of carbonyl (C=O) groups is 8. The summed E-state index contributed by atoms with van der Waals surface area (Å²) in [6.45, 7) is 12.3. The normalized spacial score (nSPS) is 19.2. The maximum absolute atomic E-state index is 15.4. The first-order chi connectivity index (χ1) is 36.2. The molecule has 0 bridgehead atoms. The molecule has 20 nitrogen and oxygen atoms in total. The third-order valence-electron chi connectivity index (χ3n) is 14.5. The third-order valence-corrected chi connectivity index (χ3v) is 14.5. The van der Waals surface area contributed by atoms with Crippen LogP contribution in [0.5, 0.6) is 0 Å². The van der Waals surface area contributed by atoms with Crippen LogP contribution in [0.15, 0.2) is 72.0 Å². The first-order valence-electron chi connectivity index (χ1n) is 25.5. The van der Waals surface area contributed by atoms with Crippen molar-refractivity contribution in [3.63, 3.8) is 0 Å². The second-order valence-corrected chi connectivity index (χ2v) is 20.1. The van der Waals surface area contributed by atoms with E-state index in [1.54, 1.807) is 58.0 Å². The number of aliphatic hydroxyl groups is 1. The molecule has 8 rings (SSSR count). The molecular formula is C55H63FN8O12. The van der Waals surface area contributed by atoms with Crippen LogP contribution in [0.4, 0.5) is 14.9 Å². The molecule has 5 N–H and O–H groups in total. The maximum Gasteiger partial charge on any atom is 0.411 e. The van der Waals surface area contributed by atoms with E-state index in [-0.39, 0.29) is 68.7 Å². The summed E-state index contributed by atoms with van der Waals surface area (Å²) in [5, 5.41) is 23.6. The molecule has 0 radical (unpaired) electrons. The molecule has 4 atom stereocenters. The van der Waals surface area contributed by atoms with Crippen LogP contribution in [-0.2, 0) is 67.3 Å². The Morgan fingerprint density at radius 1 is 0.987 bits per heavy atom. The first kappa shape index (κ1) is 54.5. The van der Waals surface area contributed by atoms with Crippen molar-refractivity contribution < 1.29 is 62.1 Å². The Morgan fingerprint density at radius 2 is 1.71 bits per heavy atom. The fraction of sp³-hybridized carbons (Fsp3) is 0.436. The van der Waals surface area contributed by atoms with E-state index in [0.29, 0.717) is 83.5 Å². The predicted octanol–water partition coefficient (Wildman–Crippen LogP) is 4.78. The number of amides is 7. The number of aryl methyl sites for hydroxylation is 1. The van der Waals surface area contributed by atoms with Crippen molar-refractivity contribution in [2.75, 3.05) is 38.8 Å². The van der Waals surface area contributed by atoms with Gasteiger partial charge in [-0.3, -0.25) is 38.6 Å². The molecule has 21 heteroatoms. The molecule has 5 aliphatic rings. The van der Waals surface area contributed by atoms with Gasteiger partial charge in [0.2, 0.25) is 23.6 Å². The minimum atomic E-state index is -1.59. The Labute approximate surface area is 438 Å². The van der Waals surface area contributed by atoms with Crippen LogP contribution in [-0.4, -0.2) is 123 Å². The number of aromatic nitrogens is 1. The highest BCUT2D eigenvalue weighted by Crippen LogP contribution is 2.49. The van der Waals surface area contributed by atoms with Crippen LogP contribution >= 0.6 is 0 Å². The number of nitrogens with zero attached hydrogens (tertiary/aromatic N) is 4.